The van der Waals surface area contributed by atoms with Gasteiger partial charge >= 0.3 is 0 Å². The second-order valence-corrected chi connectivity index (χ2v) is 4.97. The number of rotatable bonds is 3. The van der Waals surface area contributed by atoms with Gasteiger partial charge in [0.2, 0.25) is 0 Å². The maximum atomic E-state index is 6.10. The number of nitrogen functional groups attached to an aromatic ring is 1. The molecule has 0 unspecified atom stereocenters. The molecule has 2 aromatic carbocycles. The van der Waals surface area contributed by atoms with Crippen LogP contribution >= 0.6 is 0 Å². The van der Waals surface area contributed by atoms with Crippen LogP contribution in [0.5, 0.6) is 0 Å². The fourth-order valence-electron chi connectivity index (χ4n) is 2.39. The summed E-state index contributed by atoms with van der Waals surface area (Å²) in [6.45, 7) is 4.14. The topological polar surface area (TPSA) is 69.6 Å². The van der Waals surface area contributed by atoms with Crippen LogP contribution in [0.1, 0.15) is 18.1 Å². The van der Waals surface area contributed by atoms with Crippen molar-refractivity contribution < 1.29 is 0 Å². The molecule has 0 aliphatic heterocycles. The third kappa shape index (κ3) is 2.38. The highest BCUT2D eigenvalue weighted by molar-refractivity contribution is 5.75. The Kier molecular flexibility index (Phi) is 3.39. The van der Waals surface area contributed by atoms with E-state index in [1.54, 1.807) is 4.68 Å². The number of anilines is 1. The lowest BCUT2D eigenvalue weighted by atomic mass is 10.1. The zero-order valence-corrected chi connectivity index (χ0v) is 12.1. The van der Waals surface area contributed by atoms with Gasteiger partial charge in [-0.3, -0.25) is 0 Å². The highest BCUT2D eigenvalue weighted by atomic mass is 15.5. The number of aromatic nitrogens is 4. The molecule has 106 valence electrons. The predicted molar refractivity (Wildman–Crippen MR) is 83.1 cm³/mol. The molecule has 0 atom stereocenters. The van der Waals surface area contributed by atoms with Crippen LogP contribution in [0, 0.1) is 6.92 Å². The summed E-state index contributed by atoms with van der Waals surface area (Å²) in [6.07, 6.45) is 1.01. The Morgan fingerprint density at radius 3 is 2.52 bits per heavy atom. The van der Waals surface area contributed by atoms with Gasteiger partial charge in [-0.15, -0.1) is 5.10 Å². The van der Waals surface area contributed by atoms with Crippen molar-refractivity contribution in [2.75, 3.05) is 5.73 Å². The summed E-state index contributed by atoms with van der Waals surface area (Å²) in [4.78, 5) is 0. The molecular weight excluding hydrogens is 262 g/mol. The minimum Gasteiger partial charge on any atom is -0.398 e. The van der Waals surface area contributed by atoms with Gasteiger partial charge in [0.15, 0.2) is 5.82 Å². The molecule has 0 bridgehead atoms. The maximum Gasteiger partial charge on any atom is 0.189 e. The lowest BCUT2D eigenvalue weighted by molar-refractivity contribution is 0.790. The van der Waals surface area contributed by atoms with Crippen LogP contribution in [0.4, 0.5) is 5.69 Å². The molecule has 5 heteroatoms. The van der Waals surface area contributed by atoms with Crippen molar-refractivity contribution in [1.82, 2.24) is 20.2 Å². The minimum atomic E-state index is 0.662. The number of tetrazole rings is 1. The Hall–Kier alpha value is -2.69. The molecule has 0 amide bonds. The van der Waals surface area contributed by atoms with Gasteiger partial charge in [-0.2, -0.15) is 4.68 Å². The summed E-state index contributed by atoms with van der Waals surface area (Å²) in [5.41, 5.74) is 10.9. The second-order valence-electron chi connectivity index (χ2n) is 4.97. The molecule has 3 aromatic rings. The molecule has 5 nitrogen and oxygen atoms in total. The predicted octanol–water partition coefficient (Wildman–Crippen LogP) is 2.78. The Bertz CT molecular complexity index is 738. The monoisotopic (exact) mass is 279 g/mol. The van der Waals surface area contributed by atoms with Crippen LogP contribution in [0.3, 0.4) is 0 Å². The summed E-state index contributed by atoms with van der Waals surface area (Å²) in [6, 6.07) is 14.0. The number of nitrogens with zero attached hydrogens (tertiary/aromatic N) is 4. The van der Waals surface area contributed by atoms with Gasteiger partial charge in [0.1, 0.15) is 0 Å². The first kappa shape index (κ1) is 13.3. The van der Waals surface area contributed by atoms with Crippen LogP contribution in [0.25, 0.3) is 17.1 Å². The van der Waals surface area contributed by atoms with E-state index in [1.807, 2.05) is 37.3 Å². The van der Waals surface area contributed by atoms with Crippen LogP contribution < -0.4 is 5.73 Å². The van der Waals surface area contributed by atoms with E-state index in [0.29, 0.717) is 11.5 Å². The van der Waals surface area contributed by atoms with Crippen molar-refractivity contribution in [2.45, 2.75) is 20.3 Å². The smallest absolute Gasteiger partial charge is 0.189 e. The van der Waals surface area contributed by atoms with Crippen LogP contribution in [-0.2, 0) is 6.42 Å². The number of hydrogen-bond donors (Lipinski definition) is 1. The molecule has 0 fully saturated rings. The quantitative estimate of drug-likeness (QED) is 0.748. The molecular formula is C16H17N5. The van der Waals surface area contributed by atoms with E-state index < -0.39 is 0 Å². The molecule has 2 N–H and O–H groups in total. The fraction of sp³-hybridized carbons (Fsp3) is 0.188. The highest BCUT2D eigenvalue weighted by Gasteiger charge is 2.15. The first-order valence-corrected chi connectivity index (χ1v) is 6.94. The third-order valence-electron chi connectivity index (χ3n) is 3.59. The molecule has 0 aliphatic rings. The van der Waals surface area contributed by atoms with Gasteiger partial charge < -0.3 is 5.73 Å². The average Bonchev–Trinajstić information content (AvgIpc) is 2.96. The molecule has 0 saturated carbocycles. The summed E-state index contributed by atoms with van der Waals surface area (Å²) < 4.78 is 1.72. The Balaban J connectivity index is 2.12. The van der Waals surface area contributed by atoms with Crippen molar-refractivity contribution in [3.63, 3.8) is 0 Å². The fourth-order valence-corrected chi connectivity index (χ4v) is 2.39. The molecule has 1 heterocycles. The van der Waals surface area contributed by atoms with E-state index in [2.05, 4.69) is 34.6 Å². The SMILES string of the molecule is CCc1ccc(-n2nnnc2-c2c(C)cccc2N)cc1. The normalized spacial score (nSPS) is 10.8. The lowest BCUT2D eigenvalue weighted by Crippen LogP contribution is -2.03. The van der Waals surface area contributed by atoms with Gasteiger partial charge in [0.05, 0.1) is 5.69 Å². The van der Waals surface area contributed by atoms with Crippen molar-refractivity contribution in [3.8, 4) is 17.1 Å². The van der Waals surface area contributed by atoms with Crippen LogP contribution in [0.15, 0.2) is 42.5 Å². The van der Waals surface area contributed by atoms with E-state index in [0.717, 1.165) is 23.2 Å². The molecule has 0 radical (unpaired) electrons. The van der Waals surface area contributed by atoms with E-state index >= 15 is 0 Å². The molecule has 0 saturated heterocycles. The van der Waals surface area contributed by atoms with E-state index in [9.17, 15) is 0 Å². The molecule has 0 spiro atoms. The maximum absolute atomic E-state index is 6.10. The van der Waals surface area contributed by atoms with Gasteiger partial charge in [0.25, 0.3) is 0 Å². The lowest BCUT2D eigenvalue weighted by Gasteiger charge is -2.10. The van der Waals surface area contributed by atoms with E-state index in [-0.39, 0.29) is 0 Å². The third-order valence-corrected chi connectivity index (χ3v) is 3.59. The first-order chi connectivity index (χ1) is 10.2. The van der Waals surface area contributed by atoms with Crippen molar-refractivity contribution >= 4 is 5.69 Å². The Labute approximate surface area is 123 Å². The Morgan fingerprint density at radius 2 is 1.86 bits per heavy atom. The molecule has 1 aromatic heterocycles. The number of benzene rings is 2. The average molecular weight is 279 g/mol. The van der Waals surface area contributed by atoms with E-state index in [4.69, 9.17) is 5.73 Å². The largest absolute Gasteiger partial charge is 0.398 e. The molecule has 21 heavy (non-hydrogen) atoms. The number of hydrogen-bond acceptors (Lipinski definition) is 4. The summed E-state index contributed by atoms with van der Waals surface area (Å²) in [5.74, 6) is 0.662. The summed E-state index contributed by atoms with van der Waals surface area (Å²) >= 11 is 0. The summed E-state index contributed by atoms with van der Waals surface area (Å²) in [7, 11) is 0. The zero-order valence-electron chi connectivity index (χ0n) is 12.1. The van der Waals surface area contributed by atoms with Gasteiger partial charge in [-0.1, -0.05) is 31.2 Å². The Morgan fingerprint density at radius 1 is 1.10 bits per heavy atom. The van der Waals surface area contributed by atoms with Gasteiger partial charge in [0, 0.05) is 11.3 Å². The first-order valence-electron chi connectivity index (χ1n) is 6.94. The van der Waals surface area contributed by atoms with Gasteiger partial charge in [-0.05, 0) is 53.1 Å². The van der Waals surface area contributed by atoms with Gasteiger partial charge in [-0.25, -0.2) is 0 Å². The minimum absolute atomic E-state index is 0.662. The van der Waals surface area contributed by atoms with Crippen molar-refractivity contribution in [2.24, 2.45) is 0 Å². The zero-order chi connectivity index (χ0) is 14.8. The standard InChI is InChI=1S/C16H17N5/c1-3-12-7-9-13(10-8-12)21-16(18-19-20-21)15-11(2)5-4-6-14(15)17/h4-10H,3,17H2,1-2H3. The number of nitrogens with two attached hydrogens (primary N) is 1. The van der Waals surface area contributed by atoms with Crippen molar-refractivity contribution in [1.29, 1.82) is 0 Å². The van der Waals surface area contributed by atoms with Crippen LogP contribution in [0.2, 0.25) is 0 Å². The van der Waals surface area contributed by atoms with Crippen molar-refractivity contribution in [3.05, 3.63) is 53.6 Å². The summed E-state index contributed by atoms with van der Waals surface area (Å²) in [5, 5.41) is 12.1. The highest BCUT2D eigenvalue weighted by Crippen LogP contribution is 2.28. The molecule has 0 aliphatic carbocycles. The number of aryl methyl sites for hydroxylation is 2. The van der Waals surface area contributed by atoms with E-state index in [1.165, 1.54) is 5.56 Å². The molecule has 3 rings (SSSR count). The second kappa shape index (κ2) is 5.36. The van der Waals surface area contributed by atoms with Crippen LogP contribution in [-0.4, -0.2) is 20.2 Å².